The van der Waals surface area contributed by atoms with Gasteiger partial charge in [0.15, 0.2) is 0 Å². The van der Waals surface area contributed by atoms with Crippen LogP contribution in [0.3, 0.4) is 0 Å². The molecule has 1 atom stereocenters. The normalized spacial score (nSPS) is 11.7. The number of nitrogens with zero attached hydrogens (tertiary/aromatic N) is 1. The van der Waals surface area contributed by atoms with Crippen LogP contribution in [0.25, 0.3) is 0 Å². The van der Waals surface area contributed by atoms with E-state index in [1.165, 1.54) is 17.8 Å². The second kappa shape index (κ2) is 11.8. The van der Waals surface area contributed by atoms with Gasteiger partial charge in [0.1, 0.15) is 11.9 Å². The van der Waals surface area contributed by atoms with Crippen LogP contribution in [0.5, 0.6) is 0 Å². The molecule has 2 aromatic carbocycles. The molecule has 4 nitrogen and oxygen atoms in total. The molecular weight excluding hydrogens is 411 g/mol. The molecule has 0 radical (unpaired) electrons. The Labute approximate surface area is 180 Å². The van der Waals surface area contributed by atoms with Gasteiger partial charge in [0, 0.05) is 23.9 Å². The predicted molar refractivity (Wildman–Crippen MR) is 117 cm³/mol. The van der Waals surface area contributed by atoms with Gasteiger partial charge in [0.2, 0.25) is 11.8 Å². The third kappa shape index (κ3) is 7.37. The third-order valence-electron chi connectivity index (χ3n) is 4.42. The Morgan fingerprint density at radius 3 is 2.52 bits per heavy atom. The van der Waals surface area contributed by atoms with Gasteiger partial charge >= 0.3 is 0 Å². The number of nitrogens with one attached hydrogen (secondary N) is 1. The van der Waals surface area contributed by atoms with E-state index in [4.69, 9.17) is 11.6 Å². The Kier molecular flexibility index (Phi) is 9.48. The van der Waals surface area contributed by atoms with Crippen LogP contribution in [0, 0.1) is 5.82 Å². The zero-order chi connectivity index (χ0) is 21.2. The van der Waals surface area contributed by atoms with Crippen molar-refractivity contribution in [1.82, 2.24) is 10.2 Å². The molecule has 0 aliphatic heterocycles. The molecule has 0 aromatic heterocycles. The van der Waals surface area contributed by atoms with Crippen LogP contribution in [0.4, 0.5) is 4.39 Å². The quantitative estimate of drug-likeness (QED) is 0.589. The third-order valence-corrected chi connectivity index (χ3v) is 5.64. The average molecular weight is 437 g/mol. The van der Waals surface area contributed by atoms with Crippen molar-refractivity contribution in [3.63, 3.8) is 0 Å². The molecule has 0 spiro atoms. The topological polar surface area (TPSA) is 49.4 Å². The lowest BCUT2D eigenvalue weighted by Gasteiger charge is -2.28. The Morgan fingerprint density at radius 2 is 1.86 bits per heavy atom. The predicted octanol–water partition coefficient (Wildman–Crippen LogP) is 4.66. The first-order chi connectivity index (χ1) is 13.9. The molecular formula is C22H26ClFN2O2S. The van der Waals surface area contributed by atoms with E-state index in [9.17, 15) is 14.0 Å². The van der Waals surface area contributed by atoms with Gasteiger partial charge in [-0.05, 0) is 42.7 Å². The summed E-state index contributed by atoms with van der Waals surface area (Å²) < 4.78 is 13.8. The summed E-state index contributed by atoms with van der Waals surface area (Å²) in [7, 11) is 0. The van der Waals surface area contributed by atoms with Crippen LogP contribution >= 0.6 is 23.4 Å². The van der Waals surface area contributed by atoms with Crippen LogP contribution in [0.2, 0.25) is 5.02 Å². The summed E-state index contributed by atoms with van der Waals surface area (Å²) in [5.74, 6) is -0.0804. The molecule has 1 N–H and O–H groups in total. The van der Waals surface area contributed by atoms with Crippen LogP contribution in [0.15, 0.2) is 48.5 Å². The number of hydrogen-bond donors (Lipinski definition) is 1. The fourth-order valence-electron chi connectivity index (χ4n) is 2.71. The highest BCUT2D eigenvalue weighted by atomic mass is 35.5. The highest BCUT2D eigenvalue weighted by Crippen LogP contribution is 2.18. The molecule has 0 saturated heterocycles. The maximum atomic E-state index is 13.8. The number of thioether (sulfide) groups is 1. The van der Waals surface area contributed by atoms with Crippen molar-refractivity contribution < 1.29 is 14.0 Å². The standard InChI is InChI=1S/C22H26ClFN2O2S/c1-3-12-25-22(28)16(2)26(13-17-8-10-19(23)11-9-17)21(27)15-29-14-18-6-4-5-7-20(18)24/h4-11,16H,3,12-15H2,1-2H3,(H,25,28). The summed E-state index contributed by atoms with van der Waals surface area (Å²) in [6.07, 6.45) is 0.822. The molecule has 2 rings (SSSR count). The smallest absolute Gasteiger partial charge is 0.242 e. The van der Waals surface area contributed by atoms with Crippen molar-refractivity contribution in [3.8, 4) is 0 Å². The van der Waals surface area contributed by atoms with E-state index < -0.39 is 6.04 Å². The zero-order valence-electron chi connectivity index (χ0n) is 16.7. The van der Waals surface area contributed by atoms with Crippen LogP contribution in [-0.2, 0) is 21.9 Å². The van der Waals surface area contributed by atoms with E-state index in [0.717, 1.165) is 12.0 Å². The lowest BCUT2D eigenvalue weighted by atomic mass is 10.1. The van der Waals surface area contributed by atoms with Gasteiger partial charge in [0.25, 0.3) is 0 Å². The van der Waals surface area contributed by atoms with Gasteiger partial charge in [-0.2, -0.15) is 0 Å². The molecule has 29 heavy (non-hydrogen) atoms. The molecule has 0 bridgehead atoms. The number of carbonyl (C=O) groups excluding carboxylic acids is 2. The number of benzene rings is 2. The highest BCUT2D eigenvalue weighted by Gasteiger charge is 2.25. The van der Waals surface area contributed by atoms with Crippen molar-refractivity contribution in [2.75, 3.05) is 12.3 Å². The summed E-state index contributed by atoms with van der Waals surface area (Å²) >= 11 is 7.27. The Morgan fingerprint density at radius 1 is 1.17 bits per heavy atom. The minimum atomic E-state index is -0.612. The van der Waals surface area contributed by atoms with Crippen molar-refractivity contribution in [2.45, 2.75) is 38.6 Å². The van der Waals surface area contributed by atoms with E-state index in [-0.39, 0.29) is 23.4 Å². The first kappa shape index (κ1) is 23.2. The van der Waals surface area contributed by atoms with E-state index in [2.05, 4.69) is 5.32 Å². The fourth-order valence-corrected chi connectivity index (χ4v) is 3.73. The summed E-state index contributed by atoms with van der Waals surface area (Å²) in [5.41, 5.74) is 1.44. The summed E-state index contributed by atoms with van der Waals surface area (Å²) in [6, 6.07) is 13.1. The molecule has 0 fully saturated rings. The molecule has 0 saturated carbocycles. The molecule has 0 heterocycles. The zero-order valence-corrected chi connectivity index (χ0v) is 18.2. The number of carbonyl (C=O) groups is 2. The minimum Gasteiger partial charge on any atom is -0.354 e. The molecule has 156 valence electrons. The number of amides is 2. The largest absolute Gasteiger partial charge is 0.354 e. The molecule has 2 amide bonds. The summed E-state index contributed by atoms with van der Waals surface area (Å²) in [6.45, 7) is 4.56. The van der Waals surface area contributed by atoms with Crippen molar-refractivity contribution in [1.29, 1.82) is 0 Å². The Bertz CT molecular complexity index is 817. The van der Waals surface area contributed by atoms with Crippen molar-refractivity contribution in [3.05, 3.63) is 70.5 Å². The van der Waals surface area contributed by atoms with Gasteiger partial charge in [-0.15, -0.1) is 11.8 Å². The van der Waals surface area contributed by atoms with E-state index in [1.54, 1.807) is 42.2 Å². The molecule has 7 heteroatoms. The van der Waals surface area contributed by atoms with E-state index in [1.807, 2.05) is 19.1 Å². The summed E-state index contributed by atoms with van der Waals surface area (Å²) in [4.78, 5) is 26.9. The van der Waals surface area contributed by atoms with Gasteiger partial charge < -0.3 is 10.2 Å². The van der Waals surface area contributed by atoms with Crippen LogP contribution in [0.1, 0.15) is 31.4 Å². The number of rotatable bonds is 10. The molecule has 0 aliphatic rings. The lowest BCUT2D eigenvalue weighted by molar-refractivity contribution is -0.138. The average Bonchev–Trinajstić information content (AvgIpc) is 2.72. The highest BCUT2D eigenvalue weighted by molar-refractivity contribution is 7.99. The Balaban J connectivity index is 2.05. The van der Waals surface area contributed by atoms with Crippen LogP contribution < -0.4 is 5.32 Å². The minimum absolute atomic E-state index is 0.160. The second-order valence-corrected chi connectivity index (χ2v) is 8.12. The Hall–Kier alpha value is -2.05. The number of halogens is 2. The van der Waals surface area contributed by atoms with E-state index in [0.29, 0.717) is 29.4 Å². The lowest BCUT2D eigenvalue weighted by Crippen LogP contribution is -2.48. The fraction of sp³-hybridized carbons (Fsp3) is 0.364. The summed E-state index contributed by atoms with van der Waals surface area (Å²) in [5, 5.41) is 3.45. The van der Waals surface area contributed by atoms with Gasteiger partial charge in [-0.1, -0.05) is 48.9 Å². The molecule has 0 aliphatic carbocycles. The maximum Gasteiger partial charge on any atom is 0.242 e. The first-order valence-corrected chi connectivity index (χ1v) is 11.1. The van der Waals surface area contributed by atoms with Gasteiger partial charge in [0.05, 0.1) is 5.75 Å². The van der Waals surface area contributed by atoms with Gasteiger partial charge in [-0.3, -0.25) is 9.59 Å². The van der Waals surface area contributed by atoms with Gasteiger partial charge in [-0.25, -0.2) is 4.39 Å². The van der Waals surface area contributed by atoms with Crippen LogP contribution in [-0.4, -0.2) is 35.1 Å². The SMILES string of the molecule is CCCNC(=O)C(C)N(Cc1ccc(Cl)cc1)C(=O)CSCc1ccccc1F. The molecule has 1 unspecified atom stereocenters. The number of hydrogen-bond acceptors (Lipinski definition) is 3. The van der Waals surface area contributed by atoms with Crippen molar-refractivity contribution in [2.24, 2.45) is 0 Å². The monoisotopic (exact) mass is 436 g/mol. The second-order valence-electron chi connectivity index (χ2n) is 6.70. The molecule has 2 aromatic rings. The maximum absolute atomic E-state index is 13.8. The van der Waals surface area contributed by atoms with E-state index >= 15 is 0 Å². The first-order valence-electron chi connectivity index (χ1n) is 9.55. The van der Waals surface area contributed by atoms with Crippen molar-refractivity contribution >= 4 is 35.2 Å².